The second-order valence-corrected chi connectivity index (χ2v) is 8.19. The number of fused-ring (bicyclic) bond motifs is 1. The summed E-state index contributed by atoms with van der Waals surface area (Å²) in [6, 6.07) is 17.2. The maximum Gasteiger partial charge on any atom is 0.363 e. The number of esters is 2. The van der Waals surface area contributed by atoms with E-state index in [1.54, 1.807) is 18.2 Å². The van der Waals surface area contributed by atoms with E-state index in [0.717, 1.165) is 16.3 Å². The lowest BCUT2D eigenvalue weighted by molar-refractivity contribution is -0.143. The molecule has 3 aromatic carbocycles. The van der Waals surface area contributed by atoms with Crippen molar-refractivity contribution < 1.29 is 28.5 Å². The number of cyclic esters (lactones) is 1. The van der Waals surface area contributed by atoms with Crippen LogP contribution in [0.5, 0.6) is 11.5 Å². The molecule has 0 N–H and O–H groups in total. The minimum absolute atomic E-state index is 0.180. The van der Waals surface area contributed by atoms with Gasteiger partial charge in [-0.2, -0.15) is 0 Å². The summed E-state index contributed by atoms with van der Waals surface area (Å²) in [5.41, 5.74) is 1.59. The maximum absolute atomic E-state index is 12.5. The Morgan fingerprint density at radius 1 is 1.09 bits per heavy atom. The summed E-state index contributed by atoms with van der Waals surface area (Å²) >= 11 is 2.08. The molecule has 0 bridgehead atoms. The zero-order valence-electron chi connectivity index (χ0n) is 18.0. The van der Waals surface area contributed by atoms with Gasteiger partial charge in [-0.3, -0.25) is 0 Å². The van der Waals surface area contributed by atoms with Crippen molar-refractivity contribution in [3.8, 4) is 11.5 Å². The van der Waals surface area contributed by atoms with Crippen molar-refractivity contribution in [1.29, 1.82) is 0 Å². The number of benzene rings is 3. The summed E-state index contributed by atoms with van der Waals surface area (Å²) in [6.07, 6.45) is 1.63. The third-order valence-corrected chi connectivity index (χ3v) is 5.62. The Balaban J connectivity index is 1.64. The SMILES string of the molecule is CCOc1cc(/C=C2\N=C(c3ccc4ccccc4c3)OC2=O)cc(I)c1OCC(=O)OC. The summed E-state index contributed by atoms with van der Waals surface area (Å²) < 4.78 is 22.0. The predicted octanol–water partition coefficient (Wildman–Crippen LogP) is 4.74. The molecule has 4 rings (SSSR count). The van der Waals surface area contributed by atoms with Gasteiger partial charge in [-0.1, -0.05) is 30.3 Å². The first-order chi connectivity index (χ1) is 16.0. The highest BCUT2D eigenvalue weighted by atomic mass is 127. The van der Waals surface area contributed by atoms with Gasteiger partial charge in [0.1, 0.15) is 0 Å². The van der Waals surface area contributed by atoms with Crippen molar-refractivity contribution in [2.24, 2.45) is 4.99 Å². The van der Waals surface area contributed by atoms with Crippen LogP contribution in [-0.4, -0.2) is 38.2 Å². The molecule has 0 radical (unpaired) electrons. The molecule has 3 aromatic rings. The maximum atomic E-state index is 12.5. The van der Waals surface area contributed by atoms with Gasteiger partial charge in [-0.05, 0) is 76.2 Å². The molecule has 0 aromatic heterocycles. The largest absolute Gasteiger partial charge is 0.490 e. The Labute approximate surface area is 204 Å². The number of carbonyl (C=O) groups excluding carboxylic acids is 2. The predicted molar refractivity (Wildman–Crippen MR) is 132 cm³/mol. The van der Waals surface area contributed by atoms with E-state index < -0.39 is 11.9 Å². The molecule has 0 saturated carbocycles. The Morgan fingerprint density at radius 2 is 1.88 bits per heavy atom. The molecule has 0 amide bonds. The first-order valence-corrected chi connectivity index (χ1v) is 11.2. The van der Waals surface area contributed by atoms with E-state index in [9.17, 15) is 9.59 Å². The first-order valence-electron chi connectivity index (χ1n) is 10.2. The van der Waals surface area contributed by atoms with Gasteiger partial charge in [0, 0.05) is 5.56 Å². The number of carbonyl (C=O) groups is 2. The van der Waals surface area contributed by atoms with Gasteiger partial charge in [0.15, 0.2) is 23.8 Å². The van der Waals surface area contributed by atoms with Crippen molar-refractivity contribution in [2.75, 3.05) is 20.3 Å². The highest BCUT2D eigenvalue weighted by Gasteiger charge is 2.25. The van der Waals surface area contributed by atoms with Gasteiger partial charge in [0.05, 0.1) is 17.3 Å². The van der Waals surface area contributed by atoms with Crippen molar-refractivity contribution in [3.63, 3.8) is 0 Å². The molecule has 168 valence electrons. The lowest BCUT2D eigenvalue weighted by Crippen LogP contribution is -2.14. The van der Waals surface area contributed by atoms with Crippen molar-refractivity contribution in [1.82, 2.24) is 0 Å². The molecule has 0 aliphatic carbocycles. The minimum atomic E-state index is -0.530. The summed E-state index contributed by atoms with van der Waals surface area (Å²) in [5.74, 6) is 0.111. The number of hydrogen-bond acceptors (Lipinski definition) is 7. The van der Waals surface area contributed by atoms with Gasteiger partial charge in [0.2, 0.25) is 5.90 Å². The summed E-state index contributed by atoms with van der Waals surface area (Å²) in [7, 11) is 1.29. The number of methoxy groups -OCH3 is 1. The third kappa shape index (κ3) is 5.16. The van der Waals surface area contributed by atoms with Crippen LogP contribution in [0, 0.1) is 3.57 Å². The number of ether oxygens (including phenoxy) is 4. The van der Waals surface area contributed by atoms with Crippen LogP contribution in [0.25, 0.3) is 16.8 Å². The quantitative estimate of drug-likeness (QED) is 0.237. The third-order valence-electron chi connectivity index (χ3n) is 4.81. The van der Waals surface area contributed by atoms with Crippen molar-refractivity contribution in [3.05, 3.63) is 75.0 Å². The second kappa shape index (κ2) is 10.0. The van der Waals surface area contributed by atoms with E-state index in [2.05, 4.69) is 32.3 Å². The average Bonchev–Trinajstić information content (AvgIpc) is 3.18. The summed E-state index contributed by atoms with van der Waals surface area (Å²) in [4.78, 5) is 28.3. The highest BCUT2D eigenvalue weighted by Crippen LogP contribution is 2.35. The molecule has 1 heterocycles. The van der Waals surface area contributed by atoms with Crippen LogP contribution in [-0.2, 0) is 19.1 Å². The van der Waals surface area contributed by atoms with Crippen molar-refractivity contribution >= 4 is 57.3 Å². The van der Waals surface area contributed by atoms with E-state index in [1.165, 1.54) is 7.11 Å². The fraction of sp³-hybridized carbons (Fsp3) is 0.160. The van der Waals surface area contributed by atoms with Crippen LogP contribution in [0.1, 0.15) is 18.1 Å². The van der Waals surface area contributed by atoms with Gasteiger partial charge < -0.3 is 18.9 Å². The molecule has 33 heavy (non-hydrogen) atoms. The number of aliphatic imine (C=N–C) groups is 1. The van der Waals surface area contributed by atoms with Gasteiger partial charge in [-0.25, -0.2) is 14.6 Å². The number of halogens is 1. The van der Waals surface area contributed by atoms with Crippen LogP contribution >= 0.6 is 22.6 Å². The van der Waals surface area contributed by atoms with Crippen molar-refractivity contribution in [2.45, 2.75) is 6.92 Å². The van der Waals surface area contributed by atoms with E-state index >= 15 is 0 Å². The van der Waals surface area contributed by atoms with Crippen LogP contribution in [0.4, 0.5) is 0 Å². The molecule has 1 aliphatic heterocycles. The van der Waals surface area contributed by atoms with Crippen LogP contribution < -0.4 is 9.47 Å². The highest BCUT2D eigenvalue weighted by molar-refractivity contribution is 14.1. The fourth-order valence-electron chi connectivity index (χ4n) is 3.28. The molecule has 1 aliphatic rings. The Hall–Kier alpha value is -3.40. The minimum Gasteiger partial charge on any atom is -0.490 e. The van der Waals surface area contributed by atoms with Gasteiger partial charge in [0.25, 0.3) is 0 Å². The Kier molecular flexibility index (Phi) is 6.93. The van der Waals surface area contributed by atoms with E-state index in [4.69, 9.17) is 14.2 Å². The lowest BCUT2D eigenvalue weighted by atomic mass is 10.1. The summed E-state index contributed by atoms with van der Waals surface area (Å²) in [6.45, 7) is 2.01. The van der Waals surface area contributed by atoms with Crippen LogP contribution in [0.2, 0.25) is 0 Å². The first kappa shape index (κ1) is 22.8. The topological polar surface area (TPSA) is 83.4 Å². The molecule has 7 nitrogen and oxygen atoms in total. The van der Waals surface area contributed by atoms with E-state index in [0.29, 0.717) is 27.2 Å². The molecular formula is C25H20INO6. The Morgan fingerprint density at radius 3 is 2.64 bits per heavy atom. The van der Waals surface area contributed by atoms with E-state index in [-0.39, 0.29) is 18.2 Å². The molecule has 0 saturated heterocycles. The lowest BCUT2D eigenvalue weighted by Gasteiger charge is -2.14. The number of hydrogen-bond donors (Lipinski definition) is 0. The zero-order valence-corrected chi connectivity index (χ0v) is 20.1. The standard InChI is InChI=1S/C25H20INO6/c1-3-31-21-12-15(10-19(26)23(21)32-14-22(28)30-2)11-20-25(29)33-24(27-20)18-9-8-16-6-4-5-7-17(16)13-18/h4-13H,3,14H2,1-2H3/b20-11-. The molecule has 0 unspecified atom stereocenters. The molecule has 0 fully saturated rings. The monoisotopic (exact) mass is 557 g/mol. The molecular weight excluding hydrogens is 537 g/mol. The number of rotatable bonds is 7. The normalized spacial score (nSPS) is 14.2. The number of nitrogens with zero attached hydrogens (tertiary/aromatic N) is 1. The van der Waals surface area contributed by atoms with E-state index in [1.807, 2.05) is 49.4 Å². The molecule has 8 heteroatoms. The summed E-state index contributed by atoms with van der Waals surface area (Å²) in [5, 5.41) is 2.12. The van der Waals surface area contributed by atoms with Gasteiger partial charge >= 0.3 is 11.9 Å². The fourth-order valence-corrected chi connectivity index (χ4v) is 4.06. The molecule has 0 atom stereocenters. The Bertz CT molecular complexity index is 1300. The van der Waals surface area contributed by atoms with Crippen LogP contribution in [0.3, 0.4) is 0 Å². The van der Waals surface area contributed by atoms with Gasteiger partial charge in [-0.15, -0.1) is 0 Å². The average molecular weight is 557 g/mol. The second-order valence-electron chi connectivity index (χ2n) is 7.03. The zero-order chi connectivity index (χ0) is 23.4. The van der Waals surface area contributed by atoms with Crippen LogP contribution in [0.15, 0.2) is 65.3 Å². The smallest absolute Gasteiger partial charge is 0.363 e. The molecule has 0 spiro atoms.